The van der Waals surface area contributed by atoms with Crippen molar-refractivity contribution in [2.75, 3.05) is 0 Å². The van der Waals surface area contributed by atoms with Gasteiger partial charge in [0.1, 0.15) is 0 Å². The van der Waals surface area contributed by atoms with Crippen LogP contribution in [-0.4, -0.2) is 47.7 Å². The average molecular weight is 310 g/mol. The van der Waals surface area contributed by atoms with Crippen LogP contribution in [0.1, 0.15) is 25.7 Å². The van der Waals surface area contributed by atoms with Gasteiger partial charge in [-0.05, 0) is 0 Å². The molecule has 2 unspecified atom stereocenters. The van der Waals surface area contributed by atoms with Gasteiger partial charge in [0.05, 0.1) is 0 Å². The highest BCUT2D eigenvalue weighted by Crippen LogP contribution is 2.18. The number of carbonyl (C=O) groups excluding carboxylic acids is 2. The van der Waals surface area contributed by atoms with Gasteiger partial charge in [-0.15, -0.1) is 0 Å². The molecule has 2 atom stereocenters. The Morgan fingerprint density at radius 3 is 1.32 bits per heavy atom. The maximum Gasteiger partial charge on any atom is 0.358 e. The fourth-order valence-corrected chi connectivity index (χ4v) is 1.81. The lowest BCUT2D eigenvalue weighted by atomic mass is 10.1. The van der Waals surface area contributed by atoms with Crippen molar-refractivity contribution < 1.29 is 28.5 Å². The molecule has 2 rings (SSSR count). The fraction of sp³-hybridized carbons (Fsp3) is 0.500. The minimum absolute atomic E-state index is 0.0254. The summed E-state index contributed by atoms with van der Waals surface area (Å²) in [5.74, 6) is -3.63. The van der Waals surface area contributed by atoms with E-state index in [0.29, 0.717) is 0 Å². The van der Waals surface area contributed by atoms with Crippen molar-refractivity contribution in [3.63, 3.8) is 0 Å². The van der Waals surface area contributed by atoms with Crippen LogP contribution in [0, 0.1) is 21.6 Å². The second kappa shape index (κ2) is 6.33. The standard InChI is InChI=1S/C12H14N4O6/c13-5-1-2-6(14)20-10-9(19-5)11(17)21-7(15)3-4-8(16)22-12(10)18/h9-10,13-16H,1-4H2. The molecule has 2 aliphatic heterocycles. The van der Waals surface area contributed by atoms with E-state index in [9.17, 15) is 9.59 Å². The number of carbonyl (C=O) groups is 2. The monoisotopic (exact) mass is 310 g/mol. The molecule has 0 radical (unpaired) electrons. The van der Waals surface area contributed by atoms with Gasteiger partial charge in [-0.2, -0.15) is 0 Å². The smallest absolute Gasteiger partial charge is 0.358 e. The Balaban J connectivity index is 2.34. The van der Waals surface area contributed by atoms with Gasteiger partial charge in [0.25, 0.3) is 0 Å². The summed E-state index contributed by atoms with van der Waals surface area (Å²) in [5, 5.41) is 30.1. The van der Waals surface area contributed by atoms with Gasteiger partial charge < -0.3 is 18.9 Å². The molecule has 0 spiro atoms. The van der Waals surface area contributed by atoms with Crippen LogP contribution in [0.15, 0.2) is 0 Å². The van der Waals surface area contributed by atoms with Crippen molar-refractivity contribution in [2.24, 2.45) is 0 Å². The second-order valence-electron chi connectivity index (χ2n) is 4.61. The lowest BCUT2D eigenvalue weighted by Gasteiger charge is -2.28. The molecule has 0 aromatic carbocycles. The van der Waals surface area contributed by atoms with E-state index in [-0.39, 0.29) is 37.5 Å². The first-order valence-electron chi connectivity index (χ1n) is 6.43. The normalized spacial score (nSPS) is 27.5. The Kier molecular flexibility index (Phi) is 4.49. The lowest BCUT2D eigenvalue weighted by Crippen LogP contribution is -2.49. The highest BCUT2D eigenvalue weighted by Gasteiger charge is 2.44. The largest absolute Gasteiger partial charge is 0.461 e. The molecule has 4 N–H and O–H groups in total. The van der Waals surface area contributed by atoms with Crippen LogP contribution in [0.4, 0.5) is 0 Å². The van der Waals surface area contributed by atoms with Crippen LogP contribution in [0.2, 0.25) is 0 Å². The van der Waals surface area contributed by atoms with Gasteiger partial charge in [-0.3, -0.25) is 21.6 Å². The Bertz CT molecular complexity index is 522. The molecule has 10 nitrogen and oxygen atoms in total. The summed E-state index contributed by atoms with van der Waals surface area (Å²) in [7, 11) is 0. The molecule has 2 heterocycles. The van der Waals surface area contributed by atoms with Crippen LogP contribution in [0.5, 0.6) is 0 Å². The Morgan fingerprint density at radius 1 is 0.636 bits per heavy atom. The highest BCUT2D eigenvalue weighted by atomic mass is 16.6. The van der Waals surface area contributed by atoms with Crippen LogP contribution >= 0.6 is 0 Å². The van der Waals surface area contributed by atoms with Crippen molar-refractivity contribution in [3.8, 4) is 0 Å². The zero-order valence-corrected chi connectivity index (χ0v) is 11.4. The Morgan fingerprint density at radius 2 is 0.955 bits per heavy atom. The van der Waals surface area contributed by atoms with Crippen LogP contribution in [-0.2, 0) is 28.5 Å². The van der Waals surface area contributed by atoms with Crippen molar-refractivity contribution in [1.82, 2.24) is 0 Å². The predicted molar refractivity (Wildman–Crippen MR) is 71.3 cm³/mol. The number of hydrogen-bond acceptors (Lipinski definition) is 10. The third-order valence-electron chi connectivity index (χ3n) is 2.88. The van der Waals surface area contributed by atoms with Gasteiger partial charge in [0.15, 0.2) is 23.6 Å². The number of nitrogens with one attached hydrogen (secondary N) is 4. The highest BCUT2D eigenvalue weighted by molar-refractivity contribution is 6.00. The molecular weight excluding hydrogens is 296 g/mol. The van der Waals surface area contributed by atoms with Crippen LogP contribution in [0.3, 0.4) is 0 Å². The van der Waals surface area contributed by atoms with Gasteiger partial charge in [0, 0.05) is 25.7 Å². The maximum absolute atomic E-state index is 12.0. The molecule has 2 fully saturated rings. The maximum atomic E-state index is 12.0. The number of ether oxygens (including phenoxy) is 4. The van der Waals surface area contributed by atoms with Gasteiger partial charge in [0.2, 0.25) is 12.2 Å². The van der Waals surface area contributed by atoms with Crippen molar-refractivity contribution in [2.45, 2.75) is 37.9 Å². The minimum Gasteiger partial charge on any atom is -0.461 e. The van der Waals surface area contributed by atoms with Crippen molar-refractivity contribution in [1.29, 1.82) is 21.6 Å². The molecule has 2 saturated heterocycles. The molecule has 22 heavy (non-hydrogen) atoms. The summed E-state index contributed by atoms with van der Waals surface area (Å²) in [6.07, 6.45) is -3.49. The van der Waals surface area contributed by atoms with Gasteiger partial charge in [-0.1, -0.05) is 0 Å². The van der Waals surface area contributed by atoms with E-state index in [1.807, 2.05) is 0 Å². The van der Waals surface area contributed by atoms with Crippen molar-refractivity contribution in [3.05, 3.63) is 0 Å². The Labute approximate surface area is 124 Å². The quantitative estimate of drug-likeness (QED) is 0.470. The number of cyclic esters (lactones) is 2. The molecular formula is C12H14N4O6. The number of rotatable bonds is 0. The first kappa shape index (κ1) is 15.6. The summed E-state index contributed by atoms with van der Waals surface area (Å²) in [6, 6.07) is 0. The van der Waals surface area contributed by atoms with E-state index < -0.39 is 35.9 Å². The summed E-state index contributed by atoms with van der Waals surface area (Å²) in [5.41, 5.74) is 0. The van der Waals surface area contributed by atoms with E-state index in [4.69, 9.17) is 40.6 Å². The summed E-state index contributed by atoms with van der Waals surface area (Å²) >= 11 is 0. The molecule has 2 aliphatic rings. The number of fused-ring (bicyclic) bond motifs is 1. The van der Waals surface area contributed by atoms with Crippen molar-refractivity contribution >= 4 is 35.5 Å². The fourth-order valence-electron chi connectivity index (χ4n) is 1.81. The summed E-state index contributed by atoms with van der Waals surface area (Å²) < 4.78 is 19.6. The van der Waals surface area contributed by atoms with Gasteiger partial charge >= 0.3 is 11.9 Å². The topological polar surface area (TPSA) is 166 Å². The molecule has 0 bridgehead atoms. The lowest BCUT2D eigenvalue weighted by molar-refractivity contribution is -0.162. The zero-order valence-electron chi connectivity index (χ0n) is 11.4. The first-order chi connectivity index (χ1) is 10.4. The molecule has 10 heteroatoms. The van der Waals surface area contributed by atoms with E-state index in [2.05, 4.69) is 0 Å². The van der Waals surface area contributed by atoms with E-state index in [1.165, 1.54) is 0 Å². The van der Waals surface area contributed by atoms with E-state index in [0.717, 1.165) is 0 Å². The van der Waals surface area contributed by atoms with E-state index >= 15 is 0 Å². The molecule has 0 saturated carbocycles. The summed E-state index contributed by atoms with van der Waals surface area (Å²) in [4.78, 5) is 24.0. The Hall–Kier alpha value is -2.78. The first-order valence-corrected chi connectivity index (χ1v) is 6.43. The second-order valence-corrected chi connectivity index (χ2v) is 4.61. The molecule has 118 valence electrons. The van der Waals surface area contributed by atoms with E-state index in [1.54, 1.807) is 0 Å². The number of esters is 2. The predicted octanol–water partition coefficient (Wildman–Crippen LogP) is 0.340. The molecule has 0 aromatic rings. The molecule has 0 aromatic heterocycles. The summed E-state index contributed by atoms with van der Waals surface area (Å²) in [6.45, 7) is 0. The average Bonchev–Trinajstić information content (AvgIpc) is 2.43. The van der Waals surface area contributed by atoms with Crippen LogP contribution in [0.25, 0.3) is 0 Å². The zero-order chi connectivity index (χ0) is 16.3. The third-order valence-corrected chi connectivity index (χ3v) is 2.88. The van der Waals surface area contributed by atoms with Crippen LogP contribution < -0.4 is 0 Å². The molecule has 0 aliphatic carbocycles. The minimum atomic E-state index is -1.67. The SMILES string of the molecule is N=C1CCC(=N)OC(=O)C2OC(=N)CCC(=N)OC2C(=O)O1. The number of hydrogen-bond donors (Lipinski definition) is 4. The molecule has 0 amide bonds. The van der Waals surface area contributed by atoms with Gasteiger partial charge in [-0.25, -0.2) is 9.59 Å². The third kappa shape index (κ3) is 3.65.